The second kappa shape index (κ2) is 13.2. The van der Waals surface area contributed by atoms with Crippen LogP contribution in [0.4, 0.5) is 8.78 Å². The lowest BCUT2D eigenvalue weighted by atomic mass is 10.0. The van der Waals surface area contributed by atoms with E-state index in [1.807, 2.05) is 55.5 Å². The summed E-state index contributed by atoms with van der Waals surface area (Å²) < 4.78 is 25.4. The van der Waals surface area contributed by atoms with Gasteiger partial charge in [0.05, 0.1) is 11.6 Å². The fraction of sp³-hybridized carbons (Fsp3) is 0.241. The molecule has 0 spiro atoms. The molecule has 34 heavy (non-hydrogen) atoms. The fourth-order valence-electron chi connectivity index (χ4n) is 3.40. The second-order valence-electron chi connectivity index (χ2n) is 7.79. The number of hydrogen-bond acceptors (Lipinski definition) is 2. The summed E-state index contributed by atoms with van der Waals surface area (Å²) in [7, 11) is 0. The fourth-order valence-corrected chi connectivity index (χ4v) is 3.40. The zero-order valence-corrected chi connectivity index (χ0v) is 20.1. The van der Waals surface area contributed by atoms with E-state index in [9.17, 15) is 18.4 Å². The molecule has 1 atom stereocenters. The number of amides is 1. The van der Waals surface area contributed by atoms with Crippen molar-refractivity contribution >= 4 is 17.8 Å². The van der Waals surface area contributed by atoms with Gasteiger partial charge in [-0.3, -0.25) is 9.59 Å². The van der Waals surface area contributed by atoms with Crippen molar-refractivity contribution in [2.75, 3.05) is 0 Å². The third kappa shape index (κ3) is 7.20. The van der Waals surface area contributed by atoms with E-state index < -0.39 is 11.6 Å². The van der Waals surface area contributed by atoms with Crippen LogP contribution in [-0.4, -0.2) is 11.7 Å². The summed E-state index contributed by atoms with van der Waals surface area (Å²) in [6, 6.07) is 19.5. The molecule has 0 fully saturated rings. The molecular formula is C29H31F2NO2. The number of rotatable bonds is 7. The van der Waals surface area contributed by atoms with Gasteiger partial charge in [-0.15, -0.1) is 0 Å². The molecule has 1 N–H and O–H groups in total. The minimum atomic E-state index is -1.05. The van der Waals surface area contributed by atoms with E-state index in [0.29, 0.717) is 5.56 Å². The molecule has 3 nitrogen and oxygen atoms in total. The van der Waals surface area contributed by atoms with Crippen molar-refractivity contribution in [3.63, 3.8) is 0 Å². The number of ketones is 1. The van der Waals surface area contributed by atoms with Gasteiger partial charge in [-0.1, -0.05) is 68.5 Å². The van der Waals surface area contributed by atoms with E-state index in [-0.39, 0.29) is 29.7 Å². The quantitative estimate of drug-likeness (QED) is 0.370. The van der Waals surface area contributed by atoms with E-state index >= 15 is 0 Å². The minimum absolute atomic E-state index is 0.0264. The van der Waals surface area contributed by atoms with Crippen LogP contribution in [0.1, 0.15) is 77.1 Å². The van der Waals surface area contributed by atoms with Gasteiger partial charge >= 0.3 is 0 Å². The predicted molar refractivity (Wildman–Crippen MR) is 134 cm³/mol. The van der Waals surface area contributed by atoms with Gasteiger partial charge in [0, 0.05) is 12.0 Å². The van der Waals surface area contributed by atoms with Gasteiger partial charge in [0.15, 0.2) is 17.4 Å². The van der Waals surface area contributed by atoms with Gasteiger partial charge in [0.2, 0.25) is 0 Å². The Labute approximate surface area is 200 Å². The topological polar surface area (TPSA) is 46.2 Å². The standard InChI is InChI=1S/C20H23NO.C9H8F2O/c1-4-9-17-14-18(13-12-15(17)3)20(22)21-19(5-2)16-10-7-6-8-11-16;1-2-8(12)6-4-3-5-7(10)9(6)11/h4,6-14,19H,5H2,1-3H3,(H,21,22);3-5H,2H2,1H3/b9-4-;. The van der Waals surface area contributed by atoms with Crippen LogP contribution in [0.5, 0.6) is 0 Å². The van der Waals surface area contributed by atoms with Crippen molar-refractivity contribution in [2.24, 2.45) is 0 Å². The van der Waals surface area contributed by atoms with Crippen molar-refractivity contribution in [3.8, 4) is 0 Å². The number of nitrogens with one attached hydrogen (secondary N) is 1. The third-order valence-electron chi connectivity index (χ3n) is 5.38. The number of halogens is 2. The number of carbonyl (C=O) groups excluding carboxylic acids is 2. The highest BCUT2D eigenvalue weighted by Gasteiger charge is 2.14. The van der Waals surface area contributed by atoms with Crippen LogP contribution in [0.3, 0.4) is 0 Å². The summed E-state index contributed by atoms with van der Waals surface area (Å²) in [4.78, 5) is 23.5. The van der Waals surface area contributed by atoms with Crippen molar-refractivity contribution in [2.45, 2.75) is 46.6 Å². The molecule has 0 radical (unpaired) electrons. The van der Waals surface area contributed by atoms with Crippen LogP contribution >= 0.6 is 0 Å². The van der Waals surface area contributed by atoms with Crippen LogP contribution in [-0.2, 0) is 0 Å². The zero-order valence-electron chi connectivity index (χ0n) is 20.1. The van der Waals surface area contributed by atoms with E-state index in [1.165, 1.54) is 17.7 Å². The molecule has 0 saturated carbocycles. The van der Waals surface area contributed by atoms with Crippen molar-refractivity contribution in [1.29, 1.82) is 0 Å². The Morgan fingerprint density at radius 1 is 0.971 bits per heavy atom. The Bertz CT molecular complexity index is 1140. The Hall–Kier alpha value is -3.60. The molecule has 178 valence electrons. The van der Waals surface area contributed by atoms with Gasteiger partial charge in [0.1, 0.15) is 0 Å². The normalized spacial score (nSPS) is 11.5. The number of hydrogen-bond donors (Lipinski definition) is 1. The van der Waals surface area contributed by atoms with E-state index in [1.54, 1.807) is 6.92 Å². The van der Waals surface area contributed by atoms with E-state index in [4.69, 9.17) is 0 Å². The first-order valence-electron chi connectivity index (χ1n) is 11.4. The van der Waals surface area contributed by atoms with Gasteiger partial charge < -0.3 is 5.32 Å². The molecule has 0 heterocycles. The van der Waals surface area contributed by atoms with Gasteiger partial charge in [-0.25, -0.2) is 8.78 Å². The first-order chi connectivity index (χ1) is 16.3. The maximum atomic E-state index is 12.8. The van der Waals surface area contributed by atoms with E-state index in [0.717, 1.165) is 23.6 Å². The van der Waals surface area contributed by atoms with Gasteiger partial charge in [-0.2, -0.15) is 0 Å². The molecule has 3 aromatic rings. The summed E-state index contributed by atoms with van der Waals surface area (Å²) >= 11 is 0. The lowest BCUT2D eigenvalue weighted by molar-refractivity contribution is 0.0934. The van der Waals surface area contributed by atoms with Crippen molar-refractivity contribution < 1.29 is 18.4 Å². The summed E-state index contributed by atoms with van der Waals surface area (Å²) in [6.07, 6.45) is 5.06. The summed E-state index contributed by atoms with van der Waals surface area (Å²) in [5.74, 6) is -2.44. The van der Waals surface area contributed by atoms with Crippen LogP contribution < -0.4 is 5.32 Å². The van der Waals surface area contributed by atoms with Crippen molar-refractivity contribution in [1.82, 2.24) is 5.32 Å². The first-order valence-corrected chi connectivity index (χ1v) is 11.4. The lowest BCUT2D eigenvalue weighted by Crippen LogP contribution is -2.28. The maximum Gasteiger partial charge on any atom is 0.251 e. The smallest absolute Gasteiger partial charge is 0.251 e. The van der Waals surface area contributed by atoms with Crippen LogP contribution in [0, 0.1) is 18.6 Å². The number of carbonyl (C=O) groups is 2. The molecule has 0 aromatic heterocycles. The van der Waals surface area contributed by atoms with Crippen molar-refractivity contribution in [3.05, 3.63) is 112 Å². The maximum absolute atomic E-state index is 12.8. The lowest BCUT2D eigenvalue weighted by Gasteiger charge is -2.18. The van der Waals surface area contributed by atoms with Crippen LogP contribution in [0.2, 0.25) is 0 Å². The Morgan fingerprint density at radius 3 is 2.29 bits per heavy atom. The number of Topliss-reactive ketones (excluding diaryl/α,β-unsaturated/α-hetero) is 1. The largest absolute Gasteiger partial charge is 0.345 e. The van der Waals surface area contributed by atoms with Gasteiger partial charge in [-0.05, 0) is 61.2 Å². The third-order valence-corrected chi connectivity index (χ3v) is 5.38. The van der Waals surface area contributed by atoms with E-state index in [2.05, 4.69) is 31.3 Å². The molecule has 0 saturated heterocycles. The molecular weight excluding hydrogens is 432 g/mol. The molecule has 3 rings (SSSR count). The Kier molecular flexibility index (Phi) is 10.3. The highest BCUT2D eigenvalue weighted by Crippen LogP contribution is 2.18. The Morgan fingerprint density at radius 2 is 1.68 bits per heavy atom. The van der Waals surface area contributed by atoms with Crippen LogP contribution in [0.25, 0.3) is 6.08 Å². The molecule has 0 aliphatic rings. The highest BCUT2D eigenvalue weighted by atomic mass is 19.2. The average molecular weight is 464 g/mol. The zero-order chi connectivity index (χ0) is 25.1. The van der Waals surface area contributed by atoms with Gasteiger partial charge in [0.25, 0.3) is 5.91 Å². The molecule has 1 amide bonds. The minimum Gasteiger partial charge on any atom is -0.345 e. The SMILES string of the molecule is C/C=C\c1cc(C(=O)NC(CC)c2ccccc2)ccc1C.CCC(=O)c1cccc(F)c1F. The summed E-state index contributed by atoms with van der Waals surface area (Å²) in [5, 5.41) is 3.13. The number of benzene rings is 3. The Balaban J connectivity index is 0.000000287. The monoisotopic (exact) mass is 463 g/mol. The second-order valence-corrected chi connectivity index (χ2v) is 7.79. The first kappa shape index (κ1) is 26.7. The molecule has 1 unspecified atom stereocenters. The number of allylic oxidation sites excluding steroid dienone is 1. The molecule has 0 aliphatic heterocycles. The summed E-state index contributed by atoms with van der Waals surface area (Å²) in [6.45, 7) is 7.72. The number of aryl methyl sites for hydroxylation is 1. The summed E-state index contributed by atoms with van der Waals surface area (Å²) in [5.41, 5.74) is 3.93. The highest BCUT2D eigenvalue weighted by molar-refractivity contribution is 5.96. The van der Waals surface area contributed by atoms with Crippen LogP contribution in [0.15, 0.2) is 72.8 Å². The molecule has 3 aromatic carbocycles. The molecule has 0 aliphatic carbocycles. The molecule has 0 bridgehead atoms. The predicted octanol–water partition coefficient (Wildman–Crippen LogP) is 7.47. The molecule has 5 heteroatoms. The average Bonchev–Trinajstić information content (AvgIpc) is 2.86.